The van der Waals surface area contributed by atoms with Gasteiger partial charge < -0.3 is 0 Å². The zero-order valence-electron chi connectivity index (χ0n) is 22.6. The lowest BCUT2D eigenvalue weighted by Crippen LogP contribution is -1.93. The maximum atomic E-state index is 9.35. The molecular formula is C39H23N3. The molecule has 8 rings (SSSR count). The molecule has 3 nitrogen and oxygen atoms in total. The highest BCUT2D eigenvalue weighted by Gasteiger charge is 2.15. The van der Waals surface area contributed by atoms with Crippen molar-refractivity contribution in [3.63, 3.8) is 0 Å². The van der Waals surface area contributed by atoms with E-state index in [9.17, 15) is 5.26 Å². The molecule has 42 heavy (non-hydrogen) atoms. The Morgan fingerprint density at radius 3 is 1.93 bits per heavy atom. The first-order valence-electron chi connectivity index (χ1n) is 14.0. The van der Waals surface area contributed by atoms with E-state index in [1.54, 1.807) is 0 Å². The van der Waals surface area contributed by atoms with Crippen molar-refractivity contribution >= 4 is 43.4 Å². The second-order valence-electron chi connectivity index (χ2n) is 10.6. The summed E-state index contributed by atoms with van der Waals surface area (Å²) in [4.78, 5) is 9.92. The Kier molecular flexibility index (Phi) is 5.52. The molecule has 0 saturated heterocycles. The Labute approximate surface area is 243 Å². The second-order valence-corrected chi connectivity index (χ2v) is 10.6. The van der Waals surface area contributed by atoms with Crippen molar-refractivity contribution in [2.24, 2.45) is 0 Å². The molecule has 0 aliphatic rings. The van der Waals surface area contributed by atoms with E-state index in [0.29, 0.717) is 5.56 Å². The Hall–Kier alpha value is -5.85. The predicted octanol–water partition coefficient (Wildman–Crippen LogP) is 9.96. The number of aromatic nitrogens is 2. The first-order chi connectivity index (χ1) is 20.7. The summed E-state index contributed by atoms with van der Waals surface area (Å²) in [5, 5.41) is 16.2. The Morgan fingerprint density at radius 1 is 0.476 bits per heavy atom. The zero-order valence-corrected chi connectivity index (χ0v) is 22.6. The molecular weight excluding hydrogens is 510 g/mol. The summed E-state index contributed by atoms with van der Waals surface area (Å²) in [5.74, 6) is 0. The highest BCUT2D eigenvalue weighted by Crippen LogP contribution is 2.40. The van der Waals surface area contributed by atoms with Crippen LogP contribution in [0.2, 0.25) is 0 Å². The van der Waals surface area contributed by atoms with Crippen LogP contribution >= 0.6 is 0 Å². The molecule has 0 spiro atoms. The molecule has 0 bridgehead atoms. The van der Waals surface area contributed by atoms with Crippen LogP contribution in [0.15, 0.2) is 140 Å². The molecule has 0 N–H and O–H groups in total. The molecule has 3 heteroatoms. The summed E-state index contributed by atoms with van der Waals surface area (Å²) >= 11 is 0. The summed E-state index contributed by atoms with van der Waals surface area (Å²) in [5.41, 5.74) is 8.90. The standard InChI is InChI=1S/C39H23N3/c40-24-25-11-13-26(14-12-25)34-23-32(20-31-8-3-4-10-33(31)34)35-21-29-6-1-2-7-30(29)22-36(35)37-18-17-28-16-15-27-9-5-19-41-38(27)39(28)42-37/h1-23H. The van der Waals surface area contributed by atoms with Gasteiger partial charge in [-0.3, -0.25) is 4.98 Å². The summed E-state index contributed by atoms with van der Waals surface area (Å²) in [6.45, 7) is 0. The van der Waals surface area contributed by atoms with Gasteiger partial charge in [0, 0.05) is 22.5 Å². The van der Waals surface area contributed by atoms with E-state index in [2.05, 4.69) is 114 Å². The largest absolute Gasteiger partial charge is 0.254 e. The monoisotopic (exact) mass is 533 g/mol. The third kappa shape index (κ3) is 3.98. The number of fused-ring (bicyclic) bond motifs is 5. The average molecular weight is 534 g/mol. The minimum Gasteiger partial charge on any atom is -0.254 e. The highest BCUT2D eigenvalue weighted by molar-refractivity contribution is 6.06. The van der Waals surface area contributed by atoms with Crippen molar-refractivity contribution in [3.05, 3.63) is 145 Å². The van der Waals surface area contributed by atoms with Gasteiger partial charge in [-0.1, -0.05) is 84.9 Å². The molecule has 6 aromatic carbocycles. The van der Waals surface area contributed by atoms with Gasteiger partial charge in [-0.05, 0) is 92.3 Å². The molecule has 0 saturated carbocycles. The second kappa shape index (κ2) is 9.66. The van der Waals surface area contributed by atoms with Crippen molar-refractivity contribution in [2.75, 3.05) is 0 Å². The lowest BCUT2D eigenvalue weighted by molar-refractivity contribution is 1.37. The number of rotatable bonds is 3. The minimum atomic E-state index is 0.653. The Bertz CT molecular complexity index is 2360. The van der Waals surface area contributed by atoms with E-state index in [0.717, 1.165) is 60.7 Å². The zero-order chi connectivity index (χ0) is 28.0. The van der Waals surface area contributed by atoms with Crippen LogP contribution < -0.4 is 0 Å². The predicted molar refractivity (Wildman–Crippen MR) is 173 cm³/mol. The summed E-state index contributed by atoms with van der Waals surface area (Å²) in [7, 11) is 0. The van der Waals surface area contributed by atoms with Gasteiger partial charge in [0.15, 0.2) is 0 Å². The maximum absolute atomic E-state index is 9.35. The first-order valence-corrected chi connectivity index (χ1v) is 14.0. The van der Waals surface area contributed by atoms with E-state index in [1.165, 1.54) is 16.2 Å². The third-order valence-electron chi connectivity index (χ3n) is 8.09. The normalized spacial score (nSPS) is 11.3. The van der Waals surface area contributed by atoms with Crippen molar-refractivity contribution in [1.82, 2.24) is 9.97 Å². The quantitative estimate of drug-likeness (QED) is 0.212. The van der Waals surface area contributed by atoms with E-state index >= 15 is 0 Å². The van der Waals surface area contributed by atoms with Crippen LogP contribution in [0.5, 0.6) is 0 Å². The molecule has 0 unspecified atom stereocenters. The van der Waals surface area contributed by atoms with E-state index < -0.39 is 0 Å². The van der Waals surface area contributed by atoms with Crippen LogP contribution in [0.4, 0.5) is 0 Å². The fourth-order valence-electron chi connectivity index (χ4n) is 5.99. The summed E-state index contributed by atoms with van der Waals surface area (Å²) in [6.07, 6.45) is 1.83. The lowest BCUT2D eigenvalue weighted by atomic mass is 9.89. The van der Waals surface area contributed by atoms with Crippen LogP contribution in [-0.2, 0) is 0 Å². The van der Waals surface area contributed by atoms with Crippen molar-refractivity contribution < 1.29 is 0 Å². The fourth-order valence-corrected chi connectivity index (χ4v) is 5.99. The topological polar surface area (TPSA) is 49.6 Å². The van der Waals surface area contributed by atoms with Crippen LogP contribution in [-0.4, -0.2) is 9.97 Å². The Balaban J connectivity index is 1.41. The lowest BCUT2D eigenvalue weighted by Gasteiger charge is -2.16. The van der Waals surface area contributed by atoms with E-state index in [1.807, 2.05) is 36.5 Å². The molecule has 0 aliphatic heterocycles. The van der Waals surface area contributed by atoms with E-state index in [-0.39, 0.29) is 0 Å². The van der Waals surface area contributed by atoms with Gasteiger partial charge in [-0.15, -0.1) is 0 Å². The number of pyridine rings is 2. The highest BCUT2D eigenvalue weighted by atomic mass is 14.8. The van der Waals surface area contributed by atoms with Crippen molar-refractivity contribution in [3.8, 4) is 39.6 Å². The fraction of sp³-hybridized carbons (Fsp3) is 0. The third-order valence-corrected chi connectivity index (χ3v) is 8.09. The van der Waals surface area contributed by atoms with Crippen molar-refractivity contribution in [1.29, 1.82) is 5.26 Å². The average Bonchev–Trinajstić information content (AvgIpc) is 3.07. The minimum absolute atomic E-state index is 0.653. The van der Waals surface area contributed by atoms with Gasteiger partial charge in [-0.25, -0.2) is 4.98 Å². The van der Waals surface area contributed by atoms with Crippen LogP contribution in [0.25, 0.3) is 76.9 Å². The molecule has 0 aliphatic carbocycles. The van der Waals surface area contributed by atoms with Crippen LogP contribution in [0.1, 0.15) is 5.56 Å². The SMILES string of the molecule is N#Cc1ccc(-c2cc(-c3cc4ccccc4cc3-c3ccc4ccc5cccnc5c4n3)cc3ccccc23)cc1. The molecule has 8 aromatic rings. The van der Waals surface area contributed by atoms with Gasteiger partial charge in [0.25, 0.3) is 0 Å². The number of nitrogens with zero attached hydrogens (tertiary/aromatic N) is 3. The smallest absolute Gasteiger partial charge is 0.0991 e. The van der Waals surface area contributed by atoms with Gasteiger partial charge in [0.05, 0.1) is 28.4 Å². The molecule has 2 aromatic heterocycles. The molecule has 0 amide bonds. The first kappa shape index (κ1) is 24.0. The number of hydrogen-bond donors (Lipinski definition) is 0. The summed E-state index contributed by atoms with van der Waals surface area (Å²) < 4.78 is 0. The molecule has 0 fully saturated rings. The van der Waals surface area contributed by atoms with Gasteiger partial charge in [0.1, 0.15) is 0 Å². The number of hydrogen-bond acceptors (Lipinski definition) is 3. The molecule has 194 valence electrons. The van der Waals surface area contributed by atoms with Crippen LogP contribution in [0.3, 0.4) is 0 Å². The maximum Gasteiger partial charge on any atom is 0.0991 e. The number of nitriles is 1. The van der Waals surface area contributed by atoms with E-state index in [4.69, 9.17) is 4.98 Å². The summed E-state index contributed by atoms with van der Waals surface area (Å²) in [6, 6.07) is 48.7. The molecule has 0 radical (unpaired) electrons. The van der Waals surface area contributed by atoms with Crippen LogP contribution in [0, 0.1) is 11.3 Å². The van der Waals surface area contributed by atoms with Gasteiger partial charge in [-0.2, -0.15) is 5.26 Å². The van der Waals surface area contributed by atoms with Gasteiger partial charge in [0.2, 0.25) is 0 Å². The Morgan fingerprint density at radius 2 is 1.14 bits per heavy atom. The van der Waals surface area contributed by atoms with Gasteiger partial charge >= 0.3 is 0 Å². The molecule has 0 atom stereocenters. The number of benzene rings is 6. The van der Waals surface area contributed by atoms with Crippen molar-refractivity contribution in [2.45, 2.75) is 0 Å². The molecule has 2 heterocycles.